The number of aryl methyl sites for hydroxylation is 2. The van der Waals surface area contributed by atoms with Gasteiger partial charge in [0.05, 0.1) is 39.0 Å². The maximum absolute atomic E-state index is 10.4. The first-order chi connectivity index (χ1) is 13.1. The maximum Gasteiger partial charge on any atom is 0.142 e. The molecule has 0 radical (unpaired) electrons. The van der Waals surface area contributed by atoms with Crippen molar-refractivity contribution in [2.45, 2.75) is 20.0 Å². The van der Waals surface area contributed by atoms with Crippen molar-refractivity contribution in [3.63, 3.8) is 0 Å². The Morgan fingerprint density at radius 1 is 1.07 bits per heavy atom. The third-order valence-corrected chi connectivity index (χ3v) is 5.34. The second kappa shape index (κ2) is 9.11. The van der Waals surface area contributed by atoms with Crippen LogP contribution in [0, 0.1) is 13.8 Å². The fourth-order valence-electron chi connectivity index (χ4n) is 3.55. The zero-order valence-electron chi connectivity index (χ0n) is 16.6. The standard InChI is InChI=1S/C22H30N2O3/c1-17-8-9-20(14-18(17)2)27-16-19(25)15-23-10-12-24(13-11-23)21-6-4-5-7-22(21)26-3/h4-9,14,19,25H,10-13,15-16H2,1-3H3/p+1/t19-/m1/s1. The Hall–Kier alpha value is -2.24. The summed E-state index contributed by atoms with van der Waals surface area (Å²) in [4.78, 5) is 3.78. The highest BCUT2D eigenvalue weighted by atomic mass is 16.5. The third kappa shape index (κ3) is 5.15. The van der Waals surface area contributed by atoms with E-state index in [1.807, 2.05) is 30.3 Å². The van der Waals surface area contributed by atoms with Crippen LogP contribution in [0.25, 0.3) is 0 Å². The molecule has 5 nitrogen and oxygen atoms in total. The molecule has 146 valence electrons. The van der Waals surface area contributed by atoms with Crippen molar-refractivity contribution >= 4 is 5.69 Å². The van der Waals surface area contributed by atoms with Gasteiger partial charge in [-0.05, 0) is 49.2 Å². The predicted octanol–water partition coefficient (Wildman–Crippen LogP) is 1.46. The highest BCUT2D eigenvalue weighted by molar-refractivity contribution is 5.58. The summed E-state index contributed by atoms with van der Waals surface area (Å²) in [6.07, 6.45) is -0.459. The van der Waals surface area contributed by atoms with E-state index in [4.69, 9.17) is 9.47 Å². The largest absolute Gasteiger partial charge is 0.495 e. The molecule has 0 aliphatic carbocycles. The van der Waals surface area contributed by atoms with Crippen molar-refractivity contribution < 1.29 is 19.5 Å². The Morgan fingerprint density at radius 3 is 2.52 bits per heavy atom. The number of nitrogens with zero attached hydrogens (tertiary/aromatic N) is 1. The summed E-state index contributed by atoms with van der Waals surface area (Å²) in [5.41, 5.74) is 3.61. The zero-order valence-corrected chi connectivity index (χ0v) is 16.6. The van der Waals surface area contributed by atoms with E-state index in [0.717, 1.165) is 43.4 Å². The number of anilines is 1. The van der Waals surface area contributed by atoms with Crippen LogP contribution in [0.1, 0.15) is 11.1 Å². The molecule has 0 amide bonds. The lowest BCUT2D eigenvalue weighted by Crippen LogP contribution is -3.16. The lowest BCUT2D eigenvalue weighted by molar-refractivity contribution is -0.903. The van der Waals surface area contributed by atoms with Crippen LogP contribution in [-0.4, -0.2) is 57.7 Å². The van der Waals surface area contributed by atoms with Gasteiger partial charge in [-0.15, -0.1) is 0 Å². The SMILES string of the molecule is COc1ccccc1N1CC[NH+](C[C@@H](O)COc2ccc(C)c(C)c2)CC1. The maximum atomic E-state index is 10.4. The molecule has 27 heavy (non-hydrogen) atoms. The van der Waals surface area contributed by atoms with Gasteiger partial charge in [0, 0.05) is 0 Å². The minimum absolute atomic E-state index is 0.336. The summed E-state index contributed by atoms with van der Waals surface area (Å²) in [5, 5.41) is 10.4. The van der Waals surface area contributed by atoms with E-state index in [9.17, 15) is 5.11 Å². The van der Waals surface area contributed by atoms with Gasteiger partial charge < -0.3 is 24.4 Å². The zero-order chi connectivity index (χ0) is 19.2. The fourth-order valence-corrected chi connectivity index (χ4v) is 3.55. The van der Waals surface area contributed by atoms with Crippen LogP contribution in [-0.2, 0) is 0 Å². The molecule has 1 atom stereocenters. The van der Waals surface area contributed by atoms with Gasteiger partial charge in [0.15, 0.2) is 0 Å². The molecule has 1 heterocycles. The summed E-state index contributed by atoms with van der Waals surface area (Å²) in [7, 11) is 1.71. The number of nitrogens with one attached hydrogen (secondary N) is 1. The number of hydrogen-bond donors (Lipinski definition) is 2. The van der Waals surface area contributed by atoms with Crippen LogP contribution in [0.2, 0.25) is 0 Å². The Balaban J connectivity index is 1.45. The van der Waals surface area contributed by atoms with Crippen LogP contribution in [0.3, 0.4) is 0 Å². The molecule has 1 fully saturated rings. The molecular weight excluding hydrogens is 340 g/mol. The summed E-state index contributed by atoms with van der Waals surface area (Å²) >= 11 is 0. The molecule has 2 aromatic carbocycles. The van der Waals surface area contributed by atoms with Crippen LogP contribution >= 0.6 is 0 Å². The highest BCUT2D eigenvalue weighted by Gasteiger charge is 2.24. The first kappa shape index (κ1) is 19.5. The Morgan fingerprint density at radius 2 is 1.81 bits per heavy atom. The van der Waals surface area contributed by atoms with Crippen LogP contribution < -0.4 is 19.3 Å². The predicted molar refractivity (Wildman–Crippen MR) is 108 cm³/mol. The fraction of sp³-hybridized carbons (Fsp3) is 0.455. The van der Waals surface area contributed by atoms with Gasteiger partial charge in [-0.1, -0.05) is 18.2 Å². The third-order valence-electron chi connectivity index (χ3n) is 5.34. The summed E-state index contributed by atoms with van der Waals surface area (Å²) in [6.45, 7) is 9.12. The normalized spacial score (nSPS) is 16.2. The van der Waals surface area contributed by atoms with Gasteiger partial charge in [-0.3, -0.25) is 0 Å². The average Bonchev–Trinajstić information content (AvgIpc) is 2.69. The second-order valence-electron chi connectivity index (χ2n) is 7.32. The van der Waals surface area contributed by atoms with E-state index in [0.29, 0.717) is 13.2 Å². The first-order valence-electron chi connectivity index (χ1n) is 9.66. The van der Waals surface area contributed by atoms with Gasteiger partial charge in [-0.25, -0.2) is 0 Å². The van der Waals surface area contributed by atoms with Crippen LogP contribution in [0.15, 0.2) is 42.5 Å². The smallest absolute Gasteiger partial charge is 0.142 e. The summed E-state index contributed by atoms with van der Waals surface area (Å²) in [5.74, 6) is 1.75. The number of para-hydroxylation sites is 2. The van der Waals surface area contributed by atoms with Crippen molar-refractivity contribution in [1.82, 2.24) is 0 Å². The molecule has 0 spiro atoms. The van der Waals surface area contributed by atoms with Crippen molar-refractivity contribution in [2.24, 2.45) is 0 Å². The molecule has 1 saturated heterocycles. The topological polar surface area (TPSA) is 46.4 Å². The minimum Gasteiger partial charge on any atom is -0.495 e. The highest BCUT2D eigenvalue weighted by Crippen LogP contribution is 2.27. The molecule has 0 bridgehead atoms. The van der Waals surface area contributed by atoms with Gasteiger partial charge in [-0.2, -0.15) is 0 Å². The van der Waals surface area contributed by atoms with E-state index in [1.54, 1.807) is 7.11 Å². The van der Waals surface area contributed by atoms with E-state index in [1.165, 1.54) is 16.0 Å². The number of methoxy groups -OCH3 is 1. The molecule has 0 aromatic heterocycles. The molecule has 1 aliphatic rings. The van der Waals surface area contributed by atoms with Crippen molar-refractivity contribution in [2.75, 3.05) is 51.3 Å². The Bertz CT molecular complexity index is 742. The quantitative estimate of drug-likeness (QED) is 0.774. The lowest BCUT2D eigenvalue weighted by atomic mass is 10.1. The Kier molecular flexibility index (Phi) is 6.58. The van der Waals surface area contributed by atoms with E-state index in [-0.39, 0.29) is 0 Å². The van der Waals surface area contributed by atoms with E-state index >= 15 is 0 Å². The molecule has 5 heteroatoms. The molecule has 1 aliphatic heterocycles. The van der Waals surface area contributed by atoms with Crippen molar-refractivity contribution in [3.8, 4) is 11.5 Å². The van der Waals surface area contributed by atoms with Gasteiger partial charge >= 0.3 is 0 Å². The van der Waals surface area contributed by atoms with Gasteiger partial charge in [0.1, 0.15) is 30.8 Å². The molecule has 0 unspecified atom stereocenters. The lowest BCUT2D eigenvalue weighted by Gasteiger charge is -2.35. The number of aliphatic hydroxyl groups is 1. The summed E-state index contributed by atoms with van der Waals surface area (Å²) in [6, 6.07) is 14.2. The number of benzene rings is 2. The average molecular weight is 372 g/mol. The second-order valence-corrected chi connectivity index (χ2v) is 7.32. The number of piperazine rings is 1. The number of rotatable bonds is 7. The van der Waals surface area contributed by atoms with Gasteiger partial charge in [0.25, 0.3) is 0 Å². The monoisotopic (exact) mass is 371 g/mol. The minimum atomic E-state index is -0.459. The van der Waals surface area contributed by atoms with Crippen molar-refractivity contribution in [3.05, 3.63) is 53.6 Å². The number of ether oxygens (including phenoxy) is 2. The molecule has 2 aromatic rings. The number of hydrogen-bond acceptors (Lipinski definition) is 4. The van der Waals surface area contributed by atoms with E-state index in [2.05, 4.69) is 30.9 Å². The first-order valence-corrected chi connectivity index (χ1v) is 9.66. The number of quaternary nitrogens is 1. The summed E-state index contributed by atoms with van der Waals surface area (Å²) < 4.78 is 11.3. The number of aliphatic hydroxyl groups excluding tert-OH is 1. The van der Waals surface area contributed by atoms with E-state index < -0.39 is 6.10 Å². The van der Waals surface area contributed by atoms with Crippen molar-refractivity contribution in [1.29, 1.82) is 0 Å². The Labute approximate surface area is 162 Å². The molecular formula is C22H31N2O3+. The van der Waals surface area contributed by atoms with Crippen LogP contribution in [0.5, 0.6) is 11.5 Å². The van der Waals surface area contributed by atoms with Crippen LogP contribution in [0.4, 0.5) is 5.69 Å². The molecule has 2 N–H and O–H groups in total. The molecule has 0 saturated carbocycles. The van der Waals surface area contributed by atoms with Gasteiger partial charge in [0.2, 0.25) is 0 Å². The molecule has 3 rings (SSSR count).